The van der Waals surface area contributed by atoms with Gasteiger partial charge in [-0.05, 0) is 39.0 Å². The molecule has 0 aromatic rings. The van der Waals surface area contributed by atoms with Crippen molar-refractivity contribution in [3.8, 4) is 0 Å². The van der Waals surface area contributed by atoms with E-state index in [2.05, 4.69) is 32.6 Å². The molecule has 1 rings (SSSR count). The van der Waals surface area contributed by atoms with Crippen LogP contribution in [-0.2, 0) is 0 Å². The van der Waals surface area contributed by atoms with Crippen molar-refractivity contribution in [2.75, 3.05) is 6.54 Å². The second-order valence-electron chi connectivity index (χ2n) is 4.87. The van der Waals surface area contributed by atoms with Crippen LogP contribution in [0.2, 0.25) is 0 Å². The molecule has 0 aromatic heterocycles. The van der Waals surface area contributed by atoms with Crippen LogP contribution < -0.4 is 0 Å². The molecule has 1 nitrogen and oxygen atoms in total. The van der Waals surface area contributed by atoms with Crippen molar-refractivity contribution in [2.45, 2.75) is 65.5 Å². The first-order valence-corrected chi connectivity index (χ1v) is 5.90. The average Bonchev–Trinajstić information content (AvgIpc) is 2.09. The molecule has 0 radical (unpaired) electrons. The van der Waals surface area contributed by atoms with Gasteiger partial charge in [-0.1, -0.05) is 20.3 Å². The molecule has 1 saturated heterocycles. The Morgan fingerprint density at radius 1 is 1.31 bits per heavy atom. The van der Waals surface area contributed by atoms with Crippen LogP contribution in [0, 0.1) is 5.92 Å². The SMILES string of the molecule is CCCC(C)N1CC(C)CCC1C. The molecule has 0 saturated carbocycles. The summed E-state index contributed by atoms with van der Waals surface area (Å²) in [7, 11) is 0. The normalized spacial score (nSPS) is 33.2. The van der Waals surface area contributed by atoms with E-state index in [4.69, 9.17) is 0 Å². The van der Waals surface area contributed by atoms with Crippen molar-refractivity contribution < 1.29 is 0 Å². The third-order valence-corrected chi connectivity index (χ3v) is 3.44. The third kappa shape index (κ3) is 2.98. The Balaban J connectivity index is 2.44. The Bertz CT molecular complexity index is 144. The van der Waals surface area contributed by atoms with Crippen LogP contribution in [0.1, 0.15) is 53.4 Å². The van der Waals surface area contributed by atoms with E-state index in [1.54, 1.807) is 0 Å². The minimum absolute atomic E-state index is 0.794. The van der Waals surface area contributed by atoms with Crippen molar-refractivity contribution in [2.24, 2.45) is 5.92 Å². The molecule has 1 fully saturated rings. The fraction of sp³-hybridized carbons (Fsp3) is 1.00. The van der Waals surface area contributed by atoms with Gasteiger partial charge in [0.2, 0.25) is 0 Å². The maximum atomic E-state index is 2.71. The Morgan fingerprint density at radius 3 is 2.62 bits per heavy atom. The lowest BCUT2D eigenvalue weighted by molar-refractivity contribution is 0.0802. The maximum absolute atomic E-state index is 2.71. The summed E-state index contributed by atoms with van der Waals surface area (Å²) in [6.07, 6.45) is 5.50. The predicted molar refractivity (Wildman–Crippen MR) is 58.9 cm³/mol. The molecule has 78 valence electrons. The lowest BCUT2D eigenvalue weighted by Gasteiger charge is -2.40. The highest BCUT2D eigenvalue weighted by Gasteiger charge is 2.25. The molecule has 0 spiro atoms. The lowest BCUT2D eigenvalue weighted by atomic mass is 9.93. The first kappa shape index (κ1) is 11.0. The Morgan fingerprint density at radius 2 is 2.00 bits per heavy atom. The molecule has 0 aliphatic carbocycles. The number of piperidine rings is 1. The van der Waals surface area contributed by atoms with E-state index in [0.717, 1.165) is 18.0 Å². The highest BCUT2D eigenvalue weighted by atomic mass is 15.2. The predicted octanol–water partition coefficient (Wildman–Crippen LogP) is 3.30. The van der Waals surface area contributed by atoms with Gasteiger partial charge in [-0.15, -0.1) is 0 Å². The monoisotopic (exact) mass is 183 g/mol. The summed E-state index contributed by atoms with van der Waals surface area (Å²) in [5.74, 6) is 0.913. The van der Waals surface area contributed by atoms with Gasteiger partial charge < -0.3 is 0 Å². The Hall–Kier alpha value is -0.0400. The van der Waals surface area contributed by atoms with E-state index in [0.29, 0.717) is 0 Å². The molecule has 0 aromatic carbocycles. The molecule has 1 heterocycles. The minimum Gasteiger partial charge on any atom is -0.298 e. The largest absolute Gasteiger partial charge is 0.298 e. The number of rotatable bonds is 3. The number of nitrogens with zero attached hydrogens (tertiary/aromatic N) is 1. The van der Waals surface area contributed by atoms with Crippen LogP contribution in [0.4, 0.5) is 0 Å². The van der Waals surface area contributed by atoms with Crippen molar-refractivity contribution in [1.82, 2.24) is 4.90 Å². The molecule has 13 heavy (non-hydrogen) atoms. The van der Waals surface area contributed by atoms with Crippen molar-refractivity contribution in [1.29, 1.82) is 0 Å². The first-order valence-electron chi connectivity index (χ1n) is 5.90. The van der Waals surface area contributed by atoms with E-state index in [-0.39, 0.29) is 0 Å². The minimum atomic E-state index is 0.794. The summed E-state index contributed by atoms with van der Waals surface area (Å²) in [4.78, 5) is 2.71. The first-order chi connectivity index (χ1) is 6.15. The van der Waals surface area contributed by atoms with Gasteiger partial charge in [0.05, 0.1) is 0 Å². The van der Waals surface area contributed by atoms with Crippen LogP contribution in [0.3, 0.4) is 0 Å². The topological polar surface area (TPSA) is 3.24 Å². The maximum Gasteiger partial charge on any atom is 0.00699 e. The van der Waals surface area contributed by atoms with Gasteiger partial charge in [-0.2, -0.15) is 0 Å². The van der Waals surface area contributed by atoms with E-state index in [1.807, 2.05) is 0 Å². The van der Waals surface area contributed by atoms with Crippen molar-refractivity contribution in [3.63, 3.8) is 0 Å². The zero-order valence-corrected chi connectivity index (χ0v) is 9.71. The zero-order chi connectivity index (χ0) is 9.84. The molecular weight excluding hydrogens is 158 g/mol. The highest BCUT2D eigenvalue weighted by Crippen LogP contribution is 2.24. The van der Waals surface area contributed by atoms with Gasteiger partial charge in [-0.3, -0.25) is 4.90 Å². The number of hydrogen-bond donors (Lipinski definition) is 0. The second-order valence-corrected chi connectivity index (χ2v) is 4.87. The molecule has 1 aliphatic rings. The molecule has 1 aliphatic heterocycles. The molecule has 0 amide bonds. The fourth-order valence-electron chi connectivity index (χ4n) is 2.52. The fourth-order valence-corrected chi connectivity index (χ4v) is 2.52. The van der Waals surface area contributed by atoms with Gasteiger partial charge in [0, 0.05) is 18.6 Å². The van der Waals surface area contributed by atoms with Crippen LogP contribution in [-0.4, -0.2) is 23.5 Å². The summed E-state index contributed by atoms with van der Waals surface area (Å²) in [5.41, 5.74) is 0. The summed E-state index contributed by atoms with van der Waals surface area (Å²) in [6.45, 7) is 10.8. The average molecular weight is 183 g/mol. The molecule has 3 unspecified atom stereocenters. The quantitative estimate of drug-likeness (QED) is 0.649. The van der Waals surface area contributed by atoms with Crippen LogP contribution in [0.5, 0.6) is 0 Å². The van der Waals surface area contributed by atoms with Gasteiger partial charge in [0.25, 0.3) is 0 Å². The summed E-state index contributed by atoms with van der Waals surface area (Å²) in [5, 5.41) is 0. The second kappa shape index (κ2) is 4.99. The lowest BCUT2D eigenvalue weighted by Crippen LogP contribution is -2.46. The number of hydrogen-bond acceptors (Lipinski definition) is 1. The Kier molecular flexibility index (Phi) is 4.24. The van der Waals surface area contributed by atoms with Gasteiger partial charge in [-0.25, -0.2) is 0 Å². The van der Waals surface area contributed by atoms with Gasteiger partial charge in [0.15, 0.2) is 0 Å². The third-order valence-electron chi connectivity index (χ3n) is 3.44. The summed E-state index contributed by atoms with van der Waals surface area (Å²) in [6, 6.07) is 1.61. The van der Waals surface area contributed by atoms with E-state index >= 15 is 0 Å². The van der Waals surface area contributed by atoms with Crippen molar-refractivity contribution in [3.05, 3.63) is 0 Å². The van der Waals surface area contributed by atoms with Gasteiger partial charge in [0.1, 0.15) is 0 Å². The van der Waals surface area contributed by atoms with Crippen LogP contribution in [0.25, 0.3) is 0 Å². The van der Waals surface area contributed by atoms with E-state index < -0.39 is 0 Å². The molecule has 1 heteroatoms. The molecule has 0 bridgehead atoms. The van der Waals surface area contributed by atoms with Crippen LogP contribution >= 0.6 is 0 Å². The summed E-state index contributed by atoms with van der Waals surface area (Å²) < 4.78 is 0. The highest BCUT2D eigenvalue weighted by molar-refractivity contribution is 4.80. The van der Waals surface area contributed by atoms with E-state index in [9.17, 15) is 0 Å². The van der Waals surface area contributed by atoms with Crippen molar-refractivity contribution >= 4 is 0 Å². The molecular formula is C12H25N. The molecule has 0 N–H and O–H groups in total. The smallest absolute Gasteiger partial charge is 0.00699 e. The van der Waals surface area contributed by atoms with Crippen LogP contribution in [0.15, 0.2) is 0 Å². The number of likely N-dealkylation sites (tertiary alicyclic amines) is 1. The van der Waals surface area contributed by atoms with Gasteiger partial charge >= 0.3 is 0 Å². The standard InChI is InChI=1S/C12H25N/c1-5-6-11(3)13-9-10(2)7-8-12(13)4/h10-12H,5-9H2,1-4H3. The summed E-state index contributed by atoms with van der Waals surface area (Å²) >= 11 is 0. The molecule has 3 atom stereocenters. The van der Waals surface area contributed by atoms with E-state index in [1.165, 1.54) is 32.2 Å². The zero-order valence-electron chi connectivity index (χ0n) is 9.71. The Labute approximate surface area is 83.5 Å².